The van der Waals surface area contributed by atoms with Gasteiger partial charge < -0.3 is 43.6 Å². The molecule has 0 unspecified atom stereocenters. The molecule has 4 amide bonds. The van der Waals surface area contributed by atoms with Gasteiger partial charge in [-0.2, -0.15) is 0 Å². The first-order valence-electron chi connectivity index (χ1n) is 15.9. The van der Waals surface area contributed by atoms with Gasteiger partial charge in [-0.1, -0.05) is 54.6 Å². The van der Waals surface area contributed by atoms with Crippen LogP contribution in [0.15, 0.2) is 83.9 Å². The van der Waals surface area contributed by atoms with E-state index in [1.807, 2.05) is 30.3 Å². The van der Waals surface area contributed by atoms with E-state index in [0.29, 0.717) is 50.0 Å². The van der Waals surface area contributed by atoms with Gasteiger partial charge in [0.1, 0.15) is 36.8 Å². The highest BCUT2D eigenvalue weighted by Crippen LogP contribution is 2.20. The standard InChI is InChI=1S/C35H44N8O6/c36-18-5-4-12-28(34(48)43-30(31(37)45)25-14-16-27(17-15-25)49-22-23-8-2-1-3-9-23)42-33(47)29(13-7-19-40-35(38)39)41-32(46)26-11-6-10-24(20-26)21-44/h1-3,6,8-11,14-17,20-21,28-30H,4-5,7,12-13,18-19,22,36H2,(H2,37,45)(H,41,46)(H,42,47)(H,43,48)(H4,38,39,40)/t28-,29-,30+/m0/s1. The molecule has 14 nitrogen and oxygen atoms in total. The van der Waals surface area contributed by atoms with Crippen LogP contribution in [0.4, 0.5) is 0 Å². The highest BCUT2D eigenvalue weighted by atomic mass is 16.5. The number of carbonyl (C=O) groups is 5. The minimum atomic E-state index is -1.20. The third-order valence-electron chi connectivity index (χ3n) is 7.46. The van der Waals surface area contributed by atoms with E-state index >= 15 is 0 Å². The fourth-order valence-corrected chi connectivity index (χ4v) is 4.86. The number of nitrogens with zero attached hydrogens (tertiary/aromatic N) is 1. The molecule has 3 rings (SSSR count). The number of unbranched alkanes of at least 4 members (excludes halogenated alkanes) is 1. The van der Waals surface area contributed by atoms with Gasteiger partial charge in [0.05, 0.1) is 0 Å². The molecule has 14 heteroatoms. The summed E-state index contributed by atoms with van der Waals surface area (Å²) in [5.74, 6) is -2.26. The second-order valence-corrected chi connectivity index (χ2v) is 11.3. The van der Waals surface area contributed by atoms with Crippen LogP contribution in [0.3, 0.4) is 0 Å². The monoisotopic (exact) mass is 672 g/mol. The van der Waals surface area contributed by atoms with Crippen molar-refractivity contribution in [2.24, 2.45) is 27.9 Å². The van der Waals surface area contributed by atoms with Gasteiger partial charge in [-0.25, -0.2) is 0 Å². The summed E-state index contributed by atoms with van der Waals surface area (Å²) in [6.07, 6.45) is 2.32. The number of hydrogen-bond donors (Lipinski definition) is 7. The van der Waals surface area contributed by atoms with E-state index in [1.165, 1.54) is 12.1 Å². The van der Waals surface area contributed by atoms with E-state index < -0.39 is 41.8 Å². The lowest BCUT2D eigenvalue weighted by Gasteiger charge is -2.25. The maximum atomic E-state index is 13.6. The molecule has 0 fully saturated rings. The largest absolute Gasteiger partial charge is 0.489 e. The highest BCUT2D eigenvalue weighted by molar-refractivity contribution is 5.99. The first-order chi connectivity index (χ1) is 23.6. The molecular weight excluding hydrogens is 628 g/mol. The normalized spacial score (nSPS) is 12.4. The minimum absolute atomic E-state index is 0.120. The number of amides is 4. The predicted molar refractivity (Wildman–Crippen MR) is 185 cm³/mol. The van der Waals surface area contributed by atoms with Crippen molar-refractivity contribution in [1.29, 1.82) is 0 Å². The molecule has 49 heavy (non-hydrogen) atoms. The fourth-order valence-electron chi connectivity index (χ4n) is 4.86. The summed E-state index contributed by atoms with van der Waals surface area (Å²) in [5.41, 5.74) is 24.1. The number of aldehydes is 1. The maximum Gasteiger partial charge on any atom is 0.251 e. The molecule has 0 spiro atoms. The zero-order chi connectivity index (χ0) is 35.6. The Morgan fingerprint density at radius 2 is 1.45 bits per heavy atom. The van der Waals surface area contributed by atoms with Crippen LogP contribution in [-0.4, -0.2) is 61.0 Å². The van der Waals surface area contributed by atoms with Crippen molar-refractivity contribution in [3.05, 3.63) is 101 Å². The molecule has 0 aromatic heterocycles. The number of hydrogen-bond acceptors (Lipinski definition) is 8. The number of rotatable bonds is 20. The van der Waals surface area contributed by atoms with E-state index in [4.69, 9.17) is 27.7 Å². The molecule has 0 saturated carbocycles. The van der Waals surface area contributed by atoms with Gasteiger partial charge in [0.25, 0.3) is 5.91 Å². The summed E-state index contributed by atoms with van der Waals surface area (Å²) < 4.78 is 5.82. The molecule has 0 aliphatic rings. The van der Waals surface area contributed by atoms with Crippen LogP contribution in [-0.2, 0) is 21.0 Å². The van der Waals surface area contributed by atoms with Crippen LogP contribution in [0.25, 0.3) is 0 Å². The van der Waals surface area contributed by atoms with E-state index in [-0.39, 0.29) is 36.5 Å². The lowest BCUT2D eigenvalue weighted by molar-refractivity contribution is -0.132. The number of ether oxygens (including phenoxy) is 1. The first kappa shape index (κ1) is 37.7. The molecular formula is C35H44N8O6. The van der Waals surface area contributed by atoms with Crippen molar-refractivity contribution in [3.8, 4) is 5.75 Å². The van der Waals surface area contributed by atoms with Gasteiger partial charge in [-0.15, -0.1) is 0 Å². The molecule has 0 bridgehead atoms. The van der Waals surface area contributed by atoms with Gasteiger partial charge in [0.15, 0.2) is 5.96 Å². The van der Waals surface area contributed by atoms with E-state index in [9.17, 15) is 24.0 Å². The van der Waals surface area contributed by atoms with Crippen molar-refractivity contribution in [2.45, 2.75) is 56.8 Å². The van der Waals surface area contributed by atoms with Gasteiger partial charge in [0.2, 0.25) is 17.7 Å². The van der Waals surface area contributed by atoms with Crippen molar-refractivity contribution in [3.63, 3.8) is 0 Å². The van der Waals surface area contributed by atoms with Crippen molar-refractivity contribution in [2.75, 3.05) is 13.1 Å². The van der Waals surface area contributed by atoms with E-state index in [1.54, 1.807) is 36.4 Å². The molecule has 3 aromatic rings. The van der Waals surface area contributed by atoms with Crippen molar-refractivity contribution >= 4 is 35.9 Å². The average Bonchev–Trinajstić information content (AvgIpc) is 3.10. The molecule has 260 valence electrons. The number of nitrogens with one attached hydrogen (secondary N) is 3. The van der Waals surface area contributed by atoms with Gasteiger partial charge in [-0.3, -0.25) is 29.0 Å². The molecule has 0 aliphatic carbocycles. The summed E-state index contributed by atoms with van der Waals surface area (Å²) in [5, 5.41) is 8.06. The van der Waals surface area contributed by atoms with Crippen molar-refractivity contribution < 1.29 is 28.7 Å². The number of aliphatic imine (C=N–C) groups is 1. The lowest BCUT2D eigenvalue weighted by atomic mass is 10.0. The second-order valence-electron chi connectivity index (χ2n) is 11.3. The number of primary amides is 1. The predicted octanol–water partition coefficient (Wildman–Crippen LogP) is 1.19. The average molecular weight is 673 g/mol. The maximum absolute atomic E-state index is 13.6. The van der Waals surface area contributed by atoms with E-state index in [2.05, 4.69) is 20.9 Å². The zero-order valence-corrected chi connectivity index (χ0v) is 27.2. The molecule has 0 aliphatic heterocycles. The smallest absolute Gasteiger partial charge is 0.251 e. The highest BCUT2D eigenvalue weighted by Gasteiger charge is 2.29. The Morgan fingerprint density at radius 3 is 2.10 bits per heavy atom. The number of guanidine groups is 1. The lowest BCUT2D eigenvalue weighted by Crippen LogP contribution is -2.54. The van der Waals surface area contributed by atoms with Crippen LogP contribution < -0.4 is 43.6 Å². The molecule has 3 atom stereocenters. The Bertz CT molecular complexity index is 1580. The Balaban J connectivity index is 1.75. The second kappa shape index (κ2) is 19.8. The number of benzene rings is 3. The fraction of sp³-hybridized carbons (Fsp3) is 0.314. The van der Waals surface area contributed by atoms with Gasteiger partial charge in [0, 0.05) is 17.7 Å². The summed E-state index contributed by atoms with van der Waals surface area (Å²) in [7, 11) is 0. The molecule has 0 saturated heterocycles. The zero-order valence-electron chi connectivity index (χ0n) is 27.2. The van der Waals surface area contributed by atoms with Gasteiger partial charge >= 0.3 is 0 Å². The molecule has 0 radical (unpaired) electrons. The Hall–Kier alpha value is -5.76. The quantitative estimate of drug-likeness (QED) is 0.0394. The van der Waals surface area contributed by atoms with E-state index in [0.717, 1.165) is 5.56 Å². The molecule has 3 aromatic carbocycles. The van der Waals surface area contributed by atoms with Crippen LogP contribution >= 0.6 is 0 Å². The SMILES string of the molecule is NCCCC[C@H](NC(=O)[C@H](CCCN=C(N)N)NC(=O)c1cccc(C=O)c1)C(=O)N[C@@H](C(N)=O)c1ccc(OCc2ccccc2)cc1. The topological polar surface area (TPSA) is 247 Å². The number of carbonyl (C=O) groups excluding carboxylic acids is 5. The Kier molecular flexibility index (Phi) is 15.2. The molecule has 0 heterocycles. The minimum Gasteiger partial charge on any atom is -0.489 e. The Labute approximate surface area is 285 Å². The first-order valence-corrected chi connectivity index (χ1v) is 15.9. The van der Waals surface area contributed by atoms with Crippen LogP contribution in [0, 0.1) is 0 Å². The number of nitrogens with two attached hydrogens (primary N) is 4. The van der Waals surface area contributed by atoms with Crippen molar-refractivity contribution in [1.82, 2.24) is 16.0 Å². The van der Waals surface area contributed by atoms with Crippen LogP contribution in [0.2, 0.25) is 0 Å². The summed E-state index contributed by atoms with van der Waals surface area (Å²) in [6.45, 7) is 0.912. The Morgan fingerprint density at radius 1 is 0.776 bits per heavy atom. The third-order valence-corrected chi connectivity index (χ3v) is 7.46. The summed E-state index contributed by atoms with van der Waals surface area (Å²) in [4.78, 5) is 68.0. The summed E-state index contributed by atoms with van der Waals surface area (Å²) >= 11 is 0. The summed E-state index contributed by atoms with van der Waals surface area (Å²) in [6, 6.07) is 18.8. The van der Waals surface area contributed by atoms with Crippen LogP contribution in [0.1, 0.15) is 70.0 Å². The molecule has 11 N–H and O–H groups in total. The third kappa shape index (κ3) is 12.8. The van der Waals surface area contributed by atoms with Gasteiger partial charge in [-0.05, 0) is 74.0 Å². The van der Waals surface area contributed by atoms with Crippen LogP contribution in [0.5, 0.6) is 5.75 Å².